The predicted octanol–water partition coefficient (Wildman–Crippen LogP) is -1.60. The lowest BCUT2D eigenvalue weighted by Gasteiger charge is -2.30. The SMILES string of the molecule is Cc1cn([C@@H]2O[C@](CN)(COP(=O)(O)OP(=O)(O)OP(=O)(O)O)[C@@H](O)[C@H]2F)c(=O)nc1N. The minimum absolute atomic E-state index is 0.141. The smallest absolute Gasteiger partial charge is 0.387 e. The topological polar surface area (TPSA) is 276 Å². The summed E-state index contributed by atoms with van der Waals surface area (Å²) in [6, 6.07) is 0. The van der Waals surface area contributed by atoms with E-state index in [4.69, 9.17) is 30.9 Å². The van der Waals surface area contributed by atoms with Crippen LogP contribution in [0.25, 0.3) is 0 Å². The summed E-state index contributed by atoms with van der Waals surface area (Å²) in [5, 5.41) is 10.3. The molecule has 0 aliphatic carbocycles. The lowest BCUT2D eigenvalue weighted by molar-refractivity contribution is -0.120. The van der Waals surface area contributed by atoms with E-state index in [1.165, 1.54) is 6.92 Å². The van der Waals surface area contributed by atoms with Gasteiger partial charge in [-0.05, 0) is 6.92 Å². The van der Waals surface area contributed by atoms with Crippen LogP contribution < -0.4 is 17.2 Å². The van der Waals surface area contributed by atoms with Crippen LogP contribution in [0.5, 0.6) is 0 Å². The Labute approximate surface area is 178 Å². The number of alkyl halides is 1. The molecule has 0 aromatic carbocycles. The summed E-state index contributed by atoms with van der Waals surface area (Å²) in [5.41, 5.74) is 7.92. The first-order valence-corrected chi connectivity index (χ1v) is 12.8. The molecule has 0 saturated carbocycles. The Kier molecular flexibility index (Phi) is 7.87. The van der Waals surface area contributed by atoms with Gasteiger partial charge in [-0.15, -0.1) is 0 Å². The number of hydrogen-bond donors (Lipinski definition) is 7. The molecule has 2 rings (SSSR count). The zero-order valence-corrected chi connectivity index (χ0v) is 18.7. The molecule has 32 heavy (non-hydrogen) atoms. The first-order chi connectivity index (χ1) is 14.4. The zero-order chi connectivity index (χ0) is 24.7. The number of aryl methyl sites for hydroxylation is 1. The Morgan fingerprint density at radius 3 is 2.38 bits per heavy atom. The molecule has 9 N–H and O–H groups in total. The average molecular weight is 528 g/mol. The van der Waals surface area contributed by atoms with Gasteiger partial charge in [-0.2, -0.15) is 13.6 Å². The summed E-state index contributed by atoms with van der Waals surface area (Å²) in [5.74, 6) is -0.141. The molecule has 184 valence electrons. The Hall–Kier alpha value is -1.10. The highest BCUT2D eigenvalue weighted by atomic mass is 31.3. The van der Waals surface area contributed by atoms with E-state index in [2.05, 4.69) is 18.1 Å². The minimum atomic E-state index is -5.81. The number of phosphoric ester groups is 1. The maximum absolute atomic E-state index is 14.8. The molecule has 21 heteroatoms. The van der Waals surface area contributed by atoms with E-state index >= 15 is 0 Å². The molecule has 1 aliphatic rings. The highest BCUT2D eigenvalue weighted by Crippen LogP contribution is 2.66. The van der Waals surface area contributed by atoms with Gasteiger partial charge in [0.05, 0.1) is 6.61 Å². The number of aliphatic hydroxyl groups is 1. The van der Waals surface area contributed by atoms with Crippen molar-refractivity contribution in [3.05, 3.63) is 22.2 Å². The molecule has 2 heterocycles. The standard InChI is InChI=1S/C11H20FN4O13P3/c1-5-2-16(10(18)15-8(5)14)9-6(12)7(17)11(3-13,27-9)4-26-31(22,23)29-32(24,25)28-30(19,20)21/h2,6-7,9,17H,3-4,13H2,1H3,(H,22,23)(H,24,25)(H2,14,15,18)(H2,19,20,21)/t6-,7+,9-,11-/m1/s1. The highest BCUT2D eigenvalue weighted by molar-refractivity contribution is 7.66. The average Bonchev–Trinajstić information content (AvgIpc) is 2.85. The van der Waals surface area contributed by atoms with E-state index in [1.54, 1.807) is 0 Å². The summed E-state index contributed by atoms with van der Waals surface area (Å²) in [4.78, 5) is 51.2. The monoisotopic (exact) mass is 528 g/mol. The van der Waals surface area contributed by atoms with Crippen LogP contribution in [0.4, 0.5) is 10.2 Å². The van der Waals surface area contributed by atoms with Crippen molar-refractivity contribution in [2.75, 3.05) is 18.9 Å². The Balaban J connectivity index is 2.24. The number of hydrogen-bond acceptors (Lipinski definition) is 12. The Bertz CT molecular complexity index is 1060. The van der Waals surface area contributed by atoms with Crippen molar-refractivity contribution in [1.29, 1.82) is 0 Å². The number of aliphatic hydroxyl groups excluding tert-OH is 1. The summed E-state index contributed by atoms with van der Waals surface area (Å²) in [7, 11) is -17.0. The molecule has 2 unspecified atom stereocenters. The summed E-state index contributed by atoms with van der Waals surface area (Å²) in [6.07, 6.45) is -5.21. The molecule has 0 radical (unpaired) electrons. The van der Waals surface area contributed by atoms with Crippen molar-refractivity contribution in [3.8, 4) is 0 Å². The minimum Gasteiger partial charge on any atom is -0.387 e. The molecule has 0 spiro atoms. The van der Waals surface area contributed by atoms with Gasteiger partial charge in [0.15, 0.2) is 12.4 Å². The quantitative estimate of drug-likeness (QED) is 0.178. The second-order valence-electron chi connectivity index (χ2n) is 6.53. The number of nitrogen functional groups attached to an aromatic ring is 1. The van der Waals surface area contributed by atoms with Crippen LogP contribution in [0.3, 0.4) is 0 Å². The van der Waals surface area contributed by atoms with Gasteiger partial charge in [0.1, 0.15) is 17.5 Å². The second kappa shape index (κ2) is 9.27. The zero-order valence-electron chi connectivity index (χ0n) is 16.0. The van der Waals surface area contributed by atoms with Crippen LogP contribution in [0.1, 0.15) is 11.8 Å². The third-order valence-corrected chi connectivity index (χ3v) is 7.93. The van der Waals surface area contributed by atoms with Gasteiger partial charge in [-0.3, -0.25) is 9.09 Å². The van der Waals surface area contributed by atoms with E-state index in [0.29, 0.717) is 4.57 Å². The van der Waals surface area contributed by atoms with Crippen LogP contribution in [-0.4, -0.2) is 65.3 Å². The van der Waals surface area contributed by atoms with Crippen LogP contribution in [-0.2, 0) is 31.6 Å². The van der Waals surface area contributed by atoms with Gasteiger partial charge in [0.2, 0.25) is 0 Å². The summed E-state index contributed by atoms with van der Waals surface area (Å²) in [6.45, 7) is -0.541. The number of phosphoric acid groups is 3. The van der Waals surface area contributed by atoms with E-state index in [9.17, 15) is 32.9 Å². The second-order valence-corrected chi connectivity index (χ2v) is 10.9. The van der Waals surface area contributed by atoms with Crippen molar-refractivity contribution < 1.29 is 60.6 Å². The van der Waals surface area contributed by atoms with Gasteiger partial charge in [-0.25, -0.2) is 22.9 Å². The molecule has 1 fully saturated rings. The summed E-state index contributed by atoms with van der Waals surface area (Å²) < 4.78 is 66.2. The van der Waals surface area contributed by atoms with E-state index in [1.807, 2.05) is 0 Å². The number of nitrogens with zero attached hydrogens (tertiary/aromatic N) is 2. The van der Waals surface area contributed by atoms with Crippen LogP contribution in [0.15, 0.2) is 11.0 Å². The Morgan fingerprint density at radius 1 is 1.25 bits per heavy atom. The van der Waals surface area contributed by atoms with Gasteiger partial charge in [0.25, 0.3) is 0 Å². The fraction of sp³-hybridized carbons (Fsp3) is 0.636. The molecule has 6 atom stereocenters. The van der Waals surface area contributed by atoms with Crippen LogP contribution in [0, 0.1) is 6.92 Å². The number of aromatic nitrogens is 2. The number of ether oxygens (including phenoxy) is 1. The maximum atomic E-state index is 14.8. The van der Waals surface area contributed by atoms with E-state index < -0.39 is 66.4 Å². The molecular formula is C11H20FN4O13P3. The number of nitrogens with two attached hydrogens (primary N) is 2. The van der Waals surface area contributed by atoms with Gasteiger partial charge in [-0.1, -0.05) is 0 Å². The molecule has 1 saturated heterocycles. The molecule has 1 aliphatic heterocycles. The van der Waals surface area contributed by atoms with Crippen LogP contribution in [0.2, 0.25) is 0 Å². The number of halogens is 1. The van der Waals surface area contributed by atoms with Crippen molar-refractivity contribution in [2.24, 2.45) is 5.73 Å². The first kappa shape index (κ1) is 27.1. The molecule has 0 bridgehead atoms. The number of anilines is 1. The van der Waals surface area contributed by atoms with Crippen LogP contribution >= 0.6 is 23.5 Å². The molecule has 1 aromatic rings. The largest absolute Gasteiger partial charge is 0.490 e. The van der Waals surface area contributed by atoms with E-state index in [0.717, 1.165) is 6.20 Å². The molecular weight excluding hydrogens is 508 g/mol. The molecule has 1 aromatic heterocycles. The molecule has 0 amide bonds. The normalized spacial score (nSPS) is 30.1. The van der Waals surface area contributed by atoms with Crippen molar-refractivity contribution in [3.63, 3.8) is 0 Å². The van der Waals surface area contributed by atoms with E-state index in [-0.39, 0.29) is 11.4 Å². The number of rotatable bonds is 9. The lowest BCUT2D eigenvalue weighted by atomic mass is 9.97. The first-order valence-electron chi connectivity index (χ1n) is 8.25. The molecule has 17 nitrogen and oxygen atoms in total. The third kappa shape index (κ3) is 6.27. The fourth-order valence-electron chi connectivity index (χ4n) is 2.63. The van der Waals surface area contributed by atoms with Gasteiger partial charge >= 0.3 is 29.2 Å². The predicted molar refractivity (Wildman–Crippen MR) is 100 cm³/mol. The van der Waals surface area contributed by atoms with Gasteiger partial charge < -0.3 is 40.9 Å². The maximum Gasteiger partial charge on any atom is 0.490 e. The van der Waals surface area contributed by atoms with Crippen molar-refractivity contribution in [1.82, 2.24) is 9.55 Å². The van der Waals surface area contributed by atoms with Crippen molar-refractivity contribution >= 4 is 29.3 Å². The fourth-order valence-corrected chi connectivity index (χ4v) is 5.71. The lowest BCUT2D eigenvalue weighted by Crippen LogP contribution is -2.51. The van der Waals surface area contributed by atoms with Crippen molar-refractivity contribution in [2.45, 2.75) is 31.0 Å². The summed E-state index contributed by atoms with van der Waals surface area (Å²) >= 11 is 0. The highest BCUT2D eigenvalue weighted by Gasteiger charge is 2.57. The Morgan fingerprint density at radius 2 is 1.84 bits per heavy atom. The van der Waals surface area contributed by atoms with Gasteiger partial charge in [0, 0.05) is 18.3 Å². The third-order valence-electron chi connectivity index (χ3n) is 4.15.